The molecule has 0 saturated carbocycles. The van der Waals surface area contributed by atoms with E-state index < -0.39 is 0 Å². The highest BCUT2D eigenvalue weighted by Crippen LogP contribution is 2.25. The Labute approximate surface area is 153 Å². The SMILES string of the molecule is CCCNC(=O)c1ccccc1NC(=O)c1ccccc1SCCC. The summed E-state index contributed by atoms with van der Waals surface area (Å²) in [7, 11) is 0. The van der Waals surface area contributed by atoms with Gasteiger partial charge in [0.05, 0.1) is 16.8 Å². The van der Waals surface area contributed by atoms with E-state index in [9.17, 15) is 9.59 Å². The van der Waals surface area contributed by atoms with Crippen molar-refractivity contribution in [2.45, 2.75) is 31.6 Å². The van der Waals surface area contributed by atoms with Gasteiger partial charge in [-0.3, -0.25) is 9.59 Å². The fourth-order valence-electron chi connectivity index (χ4n) is 2.31. The van der Waals surface area contributed by atoms with E-state index in [4.69, 9.17) is 0 Å². The van der Waals surface area contributed by atoms with Gasteiger partial charge in [0.2, 0.25) is 0 Å². The smallest absolute Gasteiger partial charge is 0.256 e. The van der Waals surface area contributed by atoms with Gasteiger partial charge in [-0.2, -0.15) is 0 Å². The van der Waals surface area contributed by atoms with Crippen LogP contribution in [0, 0.1) is 0 Å². The number of para-hydroxylation sites is 1. The fraction of sp³-hybridized carbons (Fsp3) is 0.300. The monoisotopic (exact) mass is 356 g/mol. The molecule has 0 spiro atoms. The Kier molecular flexibility index (Phi) is 7.54. The Morgan fingerprint density at radius 3 is 2.28 bits per heavy atom. The van der Waals surface area contributed by atoms with Gasteiger partial charge < -0.3 is 10.6 Å². The van der Waals surface area contributed by atoms with Gasteiger partial charge in [-0.25, -0.2) is 0 Å². The van der Waals surface area contributed by atoms with E-state index in [0.717, 1.165) is 23.5 Å². The maximum Gasteiger partial charge on any atom is 0.256 e. The molecule has 0 aromatic heterocycles. The third-order valence-corrected chi connectivity index (χ3v) is 4.83. The number of hydrogen-bond donors (Lipinski definition) is 2. The van der Waals surface area contributed by atoms with E-state index in [-0.39, 0.29) is 11.8 Å². The predicted molar refractivity (Wildman–Crippen MR) is 104 cm³/mol. The first-order chi connectivity index (χ1) is 12.2. The highest BCUT2D eigenvalue weighted by atomic mass is 32.2. The molecular formula is C20H24N2O2S. The van der Waals surface area contributed by atoms with Crippen LogP contribution < -0.4 is 10.6 Å². The zero-order chi connectivity index (χ0) is 18.1. The minimum absolute atomic E-state index is 0.175. The standard InChI is InChI=1S/C20H24N2O2S/c1-3-13-21-19(23)15-9-5-7-11-17(15)22-20(24)16-10-6-8-12-18(16)25-14-4-2/h5-12H,3-4,13-14H2,1-2H3,(H,21,23)(H,22,24). The van der Waals surface area contributed by atoms with Crippen LogP contribution in [0.15, 0.2) is 53.4 Å². The largest absolute Gasteiger partial charge is 0.352 e. The van der Waals surface area contributed by atoms with E-state index in [1.54, 1.807) is 30.0 Å². The van der Waals surface area contributed by atoms with E-state index in [1.807, 2.05) is 37.3 Å². The molecule has 132 valence electrons. The second kappa shape index (κ2) is 9.89. The van der Waals surface area contributed by atoms with E-state index in [1.165, 1.54) is 0 Å². The number of amides is 2. The second-order valence-corrected chi connectivity index (χ2v) is 6.74. The lowest BCUT2D eigenvalue weighted by atomic mass is 10.1. The Balaban J connectivity index is 2.20. The van der Waals surface area contributed by atoms with Crippen molar-refractivity contribution in [2.75, 3.05) is 17.6 Å². The molecule has 0 bridgehead atoms. The lowest BCUT2D eigenvalue weighted by Crippen LogP contribution is -2.25. The van der Waals surface area contributed by atoms with Gasteiger partial charge in [-0.05, 0) is 42.9 Å². The van der Waals surface area contributed by atoms with Crippen molar-refractivity contribution in [3.05, 3.63) is 59.7 Å². The summed E-state index contributed by atoms with van der Waals surface area (Å²) in [5.41, 5.74) is 1.63. The third kappa shape index (κ3) is 5.36. The topological polar surface area (TPSA) is 58.2 Å². The molecule has 4 nitrogen and oxygen atoms in total. The summed E-state index contributed by atoms with van der Waals surface area (Å²) in [6.45, 7) is 4.72. The van der Waals surface area contributed by atoms with Crippen LogP contribution in [-0.4, -0.2) is 24.1 Å². The van der Waals surface area contributed by atoms with Crippen molar-refractivity contribution in [1.82, 2.24) is 5.32 Å². The lowest BCUT2D eigenvalue weighted by Gasteiger charge is -2.13. The summed E-state index contributed by atoms with van der Waals surface area (Å²) in [5, 5.41) is 5.73. The molecule has 2 rings (SSSR count). The number of rotatable bonds is 8. The maximum absolute atomic E-state index is 12.7. The molecule has 0 aliphatic carbocycles. The number of carbonyl (C=O) groups is 2. The summed E-state index contributed by atoms with van der Waals surface area (Å²) in [6.07, 6.45) is 1.91. The lowest BCUT2D eigenvalue weighted by molar-refractivity contribution is 0.0954. The number of thioether (sulfide) groups is 1. The molecule has 2 amide bonds. The Morgan fingerprint density at radius 1 is 0.880 bits per heavy atom. The van der Waals surface area contributed by atoms with E-state index in [0.29, 0.717) is 23.4 Å². The Morgan fingerprint density at radius 2 is 1.56 bits per heavy atom. The molecule has 0 fully saturated rings. The number of carbonyl (C=O) groups excluding carboxylic acids is 2. The molecule has 0 aliphatic rings. The molecule has 0 atom stereocenters. The minimum Gasteiger partial charge on any atom is -0.352 e. The van der Waals surface area contributed by atoms with Crippen LogP contribution in [-0.2, 0) is 0 Å². The molecule has 0 heterocycles. The van der Waals surface area contributed by atoms with Gasteiger partial charge in [0.25, 0.3) is 11.8 Å². The summed E-state index contributed by atoms with van der Waals surface area (Å²) in [4.78, 5) is 26.0. The summed E-state index contributed by atoms with van der Waals surface area (Å²) < 4.78 is 0. The average molecular weight is 356 g/mol. The molecule has 2 aromatic carbocycles. The van der Waals surface area contributed by atoms with E-state index >= 15 is 0 Å². The summed E-state index contributed by atoms with van der Waals surface area (Å²) in [6, 6.07) is 14.6. The zero-order valence-electron chi connectivity index (χ0n) is 14.7. The van der Waals surface area contributed by atoms with Crippen LogP contribution in [0.1, 0.15) is 47.4 Å². The van der Waals surface area contributed by atoms with Gasteiger partial charge in [0.15, 0.2) is 0 Å². The van der Waals surface area contributed by atoms with Crippen molar-refractivity contribution >= 4 is 29.3 Å². The van der Waals surface area contributed by atoms with Crippen LogP contribution in [0.4, 0.5) is 5.69 Å². The number of benzene rings is 2. The quantitative estimate of drug-likeness (QED) is 0.681. The van der Waals surface area contributed by atoms with Crippen LogP contribution in [0.2, 0.25) is 0 Å². The van der Waals surface area contributed by atoms with Crippen LogP contribution in [0.3, 0.4) is 0 Å². The zero-order valence-corrected chi connectivity index (χ0v) is 15.5. The second-order valence-electron chi connectivity index (χ2n) is 5.60. The summed E-state index contributed by atoms with van der Waals surface area (Å²) in [5.74, 6) is 0.585. The molecule has 5 heteroatoms. The Hall–Kier alpha value is -2.27. The van der Waals surface area contributed by atoms with Gasteiger partial charge in [0, 0.05) is 11.4 Å². The molecule has 2 aromatic rings. The molecule has 0 aliphatic heterocycles. The van der Waals surface area contributed by atoms with Gasteiger partial charge in [-0.1, -0.05) is 38.1 Å². The van der Waals surface area contributed by atoms with Crippen LogP contribution in [0.5, 0.6) is 0 Å². The first-order valence-corrected chi connectivity index (χ1v) is 9.56. The minimum atomic E-state index is -0.199. The number of anilines is 1. The van der Waals surface area contributed by atoms with Crippen molar-refractivity contribution in [3.8, 4) is 0 Å². The van der Waals surface area contributed by atoms with Crippen molar-refractivity contribution in [1.29, 1.82) is 0 Å². The molecule has 0 unspecified atom stereocenters. The van der Waals surface area contributed by atoms with Crippen molar-refractivity contribution in [2.24, 2.45) is 0 Å². The molecule has 25 heavy (non-hydrogen) atoms. The number of hydrogen-bond acceptors (Lipinski definition) is 3. The molecule has 0 radical (unpaired) electrons. The fourth-order valence-corrected chi connectivity index (χ4v) is 3.22. The van der Waals surface area contributed by atoms with Crippen molar-refractivity contribution < 1.29 is 9.59 Å². The van der Waals surface area contributed by atoms with E-state index in [2.05, 4.69) is 17.6 Å². The first kappa shape index (κ1) is 19.1. The summed E-state index contributed by atoms with van der Waals surface area (Å²) >= 11 is 1.67. The van der Waals surface area contributed by atoms with Gasteiger partial charge in [0.1, 0.15) is 0 Å². The van der Waals surface area contributed by atoms with Gasteiger partial charge >= 0.3 is 0 Å². The highest BCUT2D eigenvalue weighted by Gasteiger charge is 2.15. The molecular weight excluding hydrogens is 332 g/mol. The average Bonchev–Trinajstić information content (AvgIpc) is 2.65. The van der Waals surface area contributed by atoms with Gasteiger partial charge in [-0.15, -0.1) is 11.8 Å². The normalized spacial score (nSPS) is 10.3. The predicted octanol–water partition coefficient (Wildman–Crippen LogP) is 4.58. The van der Waals surface area contributed by atoms with Crippen LogP contribution >= 0.6 is 11.8 Å². The highest BCUT2D eigenvalue weighted by molar-refractivity contribution is 7.99. The van der Waals surface area contributed by atoms with Crippen LogP contribution in [0.25, 0.3) is 0 Å². The van der Waals surface area contributed by atoms with Crippen molar-refractivity contribution in [3.63, 3.8) is 0 Å². The maximum atomic E-state index is 12.7. The molecule has 2 N–H and O–H groups in total. The third-order valence-electron chi connectivity index (χ3n) is 3.55. The number of nitrogens with one attached hydrogen (secondary N) is 2. The first-order valence-electron chi connectivity index (χ1n) is 8.57. The molecule has 0 saturated heterocycles. The Bertz CT molecular complexity index is 731.